The molecule has 1 aromatic carbocycles. The van der Waals surface area contributed by atoms with Gasteiger partial charge in [0.15, 0.2) is 17.5 Å². The van der Waals surface area contributed by atoms with E-state index in [1.54, 1.807) is 0 Å². The summed E-state index contributed by atoms with van der Waals surface area (Å²) in [4.78, 5) is 6.89. The Balaban J connectivity index is 0.00000196. The lowest BCUT2D eigenvalue weighted by atomic mass is 9.68. The monoisotopic (exact) mass is 491 g/mol. The van der Waals surface area contributed by atoms with E-state index in [9.17, 15) is 0 Å². The van der Waals surface area contributed by atoms with Gasteiger partial charge in [-0.3, -0.25) is 4.99 Å². The molecule has 1 saturated heterocycles. The van der Waals surface area contributed by atoms with Crippen LogP contribution in [0.2, 0.25) is 5.02 Å². The Morgan fingerprint density at radius 2 is 2.08 bits per heavy atom. The normalized spacial score (nSPS) is 20.5. The van der Waals surface area contributed by atoms with Crippen LogP contribution in [0.1, 0.15) is 31.2 Å². The third kappa shape index (κ3) is 4.01. The van der Waals surface area contributed by atoms with Crippen molar-refractivity contribution in [3.05, 3.63) is 22.7 Å². The van der Waals surface area contributed by atoms with Crippen molar-refractivity contribution >= 4 is 41.5 Å². The minimum Gasteiger partial charge on any atom is -0.486 e. The average molecular weight is 492 g/mol. The Kier molecular flexibility index (Phi) is 6.43. The fourth-order valence-electron chi connectivity index (χ4n) is 4.16. The molecule has 0 amide bonds. The van der Waals surface area contributed by atoms with E-state index >= 15 is 0 Å². The molecule has 0 unspecified atom stereocenters. The number of likely N-dealkylation sites (tertiary alicyclic amines) is 1. The molecule has 144 valence electrons. The molecule has 1 aromatic rings. The van der Waals surface area contributed by atoms with Crippen LogP contribution >= 0.6 is 35.6 Å². The van der Waals surface area contributed by atoms with E-state index in [0.29, 0.717) is 29.4 Å². The molecule has 26 heavy (non-hydrogen) atoms. The quantitative estimate of drug-likeness (QED) is 0.398. The molecule has 0 atom stereocenters. The maximum atomic E-state index is 6.32. The topological polar surface area (TPSA) is 46.1 Å². The van der Waals surface area contributed by atoms with Gasteiger partial charge in [0.05, 0.1) is 5.02 Å². The van der Waals surface area contributed by atoms with Crippen LogP contribution in [0.25, 0.3) is 0 Å². The maximum absolute atomic E-state index is 6.32. The number of ether oxygens (including phenoxy) is 2. The number of aliphatic imine (C=N–C) groups is 1. The largest absolute Gasteiger partial charge is 0.486 e. The average Bonchev–Trinajstić information content (AvgIpc) is 3.05. The van der Waals surface area contributed by atoms with Crippen LogP contribution in [0.5, 0.6) is 11.5 Å². The minimum absolute atomic E-state index is 0. The number of hydrogen-bond acceptors (Lipinski definition) is 3. The van der Waals surface area contributed by atoms with Crippen LogP contribution in [-0.2, 0) is 6.42 Å². The maximum Gasteiger partial charge on any atom is 0.193 e. The molecule has 2 aliphatic heterocycles. The Bertz CT molecular complexity index is 679. The van der Waals surface area contributed by atoms with Gasteiger partial charge >= 0.3 is 0 Å². The van der Waals surface area contributed by atoms with E-state index in [-0.39, 0.29) is 24.0 Å². The number of benzene rings is 1. The predicted octanol–water partition coefficient (Wildman–Crippen LogP) is 3.72. The van der Waals surface area contributed by atoms with Gasteiger partial charge in [-0.1, -0.05) is 18.0 Å². The predicted molar refractivity (Wildman–Crippen MR) is 115 cm³/mol. The highest BCUT2D eigenvalue weighted by Gasteiger charge is 2.43. The van der Waals surface area contributed by atoms with E-state index in [0.717, 1.165) is 43.3 Å². The van der Waals surface area contributed by atoms with Gasteiger partial charge in [0.25, 0.3) is 0 Å². The van der Waals surface area contributed by atoms with Gasteiger partial charge in [0.1, 0.15) is 13.2 Å². The van der Waals surface area contributed by atoms with E-state index in [4.69, 9.17) is 21.1 Å². The fourth-order valence-corrected chi connectivity index (χ4v) is 4.45. The van der Waals surface area contributed by atoms with E-state index < -0.39 is 0 Å². The molecule has 4 rings (SSSR count). The van der Waals surface area contributed by atoms with Crippen LogP contribution in [0.4, 0.5) is 0 Å². The summed E-state index contributed by atoms with van der Waals surface area (Å²) in [6.45, 7) is 4.24. The first-order valence-corrected chi connectivity index (χ1v) is 9.61. The summed E-state index contributed by atoms with van der Waals surface area (Å²) in [5, 5.41) is 4.13. The standard InChI is InChI=1S/C19H26ClN3O2.HI/c1-21-18(23-8-6-19(13-23)4-2-5-19)22-7-3-14-11-15(20)17-16(12-14)24-9-10-25-17;/h11-12H,2-10,13H2,1H3,(H,21,22);1H. The molecule has 5 nitrogen and oxygen atoms in total. The van der Waals surface area contributed by atoms with Crippen molar-refractivity contribution in [3.63, 3.8) is 0 Å². The molecular weight excluding hydrogens is 465 g/mol. The lowest BCUT2D eigenvalue weighted by Gasteiger charge is -2.38. The zero-order chi connectivity index (χ0) is 17.3. The molecule has 1 spiro atoms. The zero-order valence-electron chi connectivity index (χ0n) is 15.2. The molecular formula is C19H27ClIN3O2. The molecule has 7 heteroatoms. The SMILES string of the molecule is CN=C(NCCc1cc(Cl)c2c(c1)OCCO2)N1CCC2(CCC2)C1.I. The van der Waals surface area contributed by atoms with Crippen molar-refractivity contribution in [2.75, 3.05) is 39.9 Å². The summed E-state index contributed by atoms with van der Waals surface area (Å²) in [7, 11) is 1.87. The van der Waals surface area contributed by atoms with Gasteiger partial charge in [0, 0.05) is 26.7 Å². The second kappa shape index (κ2) is 8.42. The van der Waals surface area contributed by atoms with Crippen LogP contribution in [0.15, 0.2) is 17.1 Å². The first kappa shape index (κ1) is 19.9. The Morgan fingerprint density at radius 3 is 2.77 bits per heavy atom. The number of halogens is 2. The fraction of sp³-hybridized carbons (Fsp3) is 0.632. The molecule has 0 radical (unpaired) electrons. The van der Waals surface area contributed by atoms with Crippen LogP contribution < -0.4 is 14.8 Å². The summed E-state index contributed by atoms with van der Waals surface area (Å²) in [6.07, 6.45) is 6.34. The zero-order valence-corrected chi connectivity index (χ0v) is 18.3. The molecule has 1 saturated carbocycles. The lowest BCUT2D eigenvalue weighted by molar-refractivity contribution is 0.151. The number of nitrogens with zero attached hydrogens (tertiary/aromatic N) is 2. The van der Waals surface area contributed by atoms with Crippen LogP contribution in [0, 0.1) is 5.41 Å². The third-order valence-electron chi connectivity index (χ3n) is 5.72. The van der Waals surface area contributed by atoms with Gasteiger partial charge < -0.3 is 19.7 Å². The third-order valence-corrected chi connectivity index (χ3v) is 6.00. The second-order valence-electron chi connectivity index (χ2n) is 7.35. The molecule has 3 aliphatic rings. The Hall–Kier alpha value is -0.890. The Morgan fingerprint density at radius 1 is 1.27 bits per heavy atom. The smallest absolute Gasteiger partial charge is 0.193 e. The first-order chi connectivity index (χ1) is 12.2. The van der Waals surface area contributed by atoms with Crippen molar-refractivity contribution in [3.8, 4) is 11.5 Å². The first-order valence-electron chi connectivity index (χ1n) is 9.23. The van der Waals surface area contributed by atoms with Gasteiger partial charge in [-0.05, 0) is 48.8 Å². The van der Waals surface area contributed by atoms with Gasteiger partial charge in [-0.25, -0.2) is 0 Å². The summed E-state index contributed by atoms with van der Waals surface area (Å²) in [6, 6.07) is 4.00. The molecule has 0 bridgehead atoms. The highest BCUT2D eigenvalue weighted by molar-refractivity contribution is 14.0. The van der Waals surface area contributed by atoms with Crippen molar-refractivity contribution < 1.29 is 9.47 Å². The number of guanidine groups is 1. The minimum atomic E-state index is 0. The van der Waals surface area contributed by atoms with Gasteiger partial charge in [0.2, 0.25) is 0 Å². The number of rotatable bonds is 3. The molecule has 1 aliphatic carbocycles. The van der Waals surface area contributed by atoms with Crippen molar-refractivity contribution in [2.45, 2.75) is 32.1 Å². The van der Waals surface area contributed by atoms with Crippen LogP contribution in [0.3, 0.4) is 0 Å². The lowest BCUT2D eigenvalue weighted by Crippen LogP contribution is -2.43. The van der Waals surface area contributed by atoms with E-state index in [1.807, 2.05) is 19.2 Å². The highest BCUT2D eigenvalue weighted by Crippen LogP contribution is 2.47. The number of hydrogen-bond donors (Lipinski definition) is 1. The van der Waals surface area contributed by atoms with Gasteiger partial charge in [-0.2, -0.15) is 0 Å². The molecule has 2 heterocycles. The number of nitrogens with one attached hydrogen (secondary N) is 1. The Labute approximate surface area is 177 Å². The van der Waals surface area contributed by atoms with Gasteiger partial charge in [-0.15, -0.1) is 24.0 Å². The summed E-state index contributed by atoms with van der Waals surface area (Å²) < 4.78 is 11.2. The molecule has 1 N–H and O–H groups in total. The second-order valence-corrected chi connectivity index (χ2v) is 7.76. The number of fused-ring (bicyclic) bond motifs is 1. The van der Waals surface area contributed by atoms with E-state index in [2.05, 4.69) is 15.2 Å². The van der Waals surface area contributed by atoms with Crippen molar-refractivity contribution in [2.24, 2.45) is 10.4 Å². The van der Waals surface area contributed by atoms with Crippen molar-refractivity contribution in [1.29, 1.82) is 0 Å². The molecule has 0 aromatic heterocycles. The summed E-state index contributed by atoms with van der Waals surface area (Å²) in [5.41, 5.74) is 1.73. The molecule has 2 fully saturated rings. The van der Waals surface area contributed by atoms with Crippen molar-refractivity contribution in [1.82, 2.24) is 10.2 Å². The highest BCUT2D eigenvalue weighted by atomic mass is 127. The van der Waals surface area contributed by atoms with Crippen LogP contribution in [-0.4, -0.2) is 50.8 Å². The summed E-state index contributed by atoms with van der Waals surface area (Å²) in [5.74, 6) is 2.44. The summed E-state index contributed by atoms with van der Waals surface area (Å²) >= 11 is 6.32. The van der Waals surface area contributed by atoms with E-state index in [1.165, 1.54) is 25.7 Å².